The molecule has 0 amide bonds. The number of aryl methyl sites for hydroxylation is 2. The minimum absolute atomic E-state index is 0.201. The summed E-state index contributed by atoms with van der Waals surface area (Å²) in [5.74, 6) is 0.201. The largest absolute Gasteiger partial charge is 0.507 e. The highest BCUT2D eigenvalue weighted by Crippen LogP contribution is 2.29. The van der Waals surface area contributed by atoms with E-state index in [9.17, 15) is 9.90 Å². The number of rotatable bonds is 6. The third-order valence-electron chi connectivity index (χ3n) is 3.65. The molecule has 3 nitrogen and oxygen atoms in total. The summed E-state index contributed by atoms with van der Waals surface area (Å²) in [5.41, 5.74) is 1.90. The fourth-order valence-electron chi connectivity index (χ4n) is 2.60. The van der Waals surface area contributed by atoms with Crippen molar-refractivity contribution in [1.82, 2.24) is 0 Å². The molecule has 0 saturated heterocycles. The Balaban J connectivity index is 2.18. The zero-order valence-electron chi connectivity index (χ0n) is 12.2. The van der Waals surface area contributed by atoms with Gasteiger partial charge in [0.2, 0.25) is 0 Å². The van der Waals surface area contributed by atoms with Crippen LogP contribution in [0.1, 0.15) is 50.2 Å². The van der Waals surface area contributed by atoms with Gasteiger partial charge in [-0.1, -0.05) is 32.6 Å². The lowest BCUT2D eigenvalue weighted by Gasteiger charge is -2.07. The number of fused-ring (bicyclic) bond motifs is 1. The maximum Gasteiger partial charge on any atom is 0.336 e. The number of phenolic OH excluding ortho intramolecular Hbond substituents is 1. The predicted octanol–water partition coefficient (Wildman–Crippen LogP) is 4.32. The summed E-state index contributed by atoms with van der Waals surface area (Å²) in [7, 11) is 0. The van der Waals surface area contributed by atoms with Crippen molar-refractivity contribution in [3.63, 3.8) is 0 Å². The van der Waals surface area contributed by atoms with Gasteiger partial charge >= 0.3 is 5.63 Å². The summed E-state index contributed by atoms with van der Waals surface area (Å²) in [6.45, 7) is 4.01. The van der Waals surface area contributed by atoms with Gasteiger partial charge in [0.25, 0.3) is 0 Å². The topological polar surface area (TPSA) is 50.4 Å². The average molecular weight is 274 g/mol. The summed E-state index contributed by atoms with van der Waals surface area (Å²) >= 11 is 0. The van der Waals surface area contributed by atoms with Crippen LogP contribution in [-0.2, 0) is 6.42 Å². The second-order valence-electron chi connectivity index (χ2n) is 5.40. The van der Waals surface area contributed by atoms with E-state index in [1.807, 2.05) is 13.0 Å². The Kier molecular flexibility index (Phi) is 4.83. The Morgan fingerprint density at radius 1 is 1.10 bits per heavy atom. The van der Waals surface area contributed by atoms with Crippen molar-refractivity contribution in [3.8, 4) is 5.75 Å². The van der Waals surface area contributed by atoms with Crippen LogP contribution in [0.5, 0.6) is 5.75 Å². The van der Waals surface area contributed by atoms with Crippen LogP contribution in [0.4, 0.5) is 0 Å². The third-order valence-corrected chi connectivity index (χ3v) is 3.65. The normalized spacial score (nSPS) is 11.1. The van der Waals surface area contributed by atoms with Crippen LogP contribution in [-0.4, -0.2) is 5.11 Å². The zero-order valence-corrected chi connectivity index (χ0v) is 12.2. The lowest BCUT2D eigenvalue weighted by Crippen LogP contribution is -1.98. The Morgan fingerprint density at radius 2 is 1.85 bits per heavy atom. The second kappa shape index (κ2) is 6.60. The summed E-state index contributed by atoms with van der Waals surface area (Å²) in [5, 5.41) is 10.7. The maximum absolute atomic E-state index is 11.4. The van der Waals surface area contributed by atoms with Crippen molar-refractivity contribution < 1.29 is 9.52 Å². The first-order chi connectivity index (χ1) is 9.61. The number of benzene rings is 1. The van der Waals surface area contributed by atoms with Gasteiger partial charge in [-0.3, -0.25) is 0 Å². The van der Waals surface area contributed by atoms with E-state index in [4.69, 9.17) is 4.42 Å². The van der Waals surface area contributed by atoms with E-state index in [1.54, 1.807) is 6.07 Å². The van der Waals surface area contributed by atoms with Gasteiger partial charge in [-0.25, -0.2) is 4.79 Å². The monoisotopic (exact) mass is 274 g/mol. The minimum atomic E-state index is -0.366. The molecule has 0 aliphatic rings. The van der Waals surface area contributed by atoms with Gasteiger partial charge in [0.1, 0.15) is 11.3 Å². The van der Waals surface area contributed by atoms with Crippen LogP contribution < -0.4 is 5.63 Å². The summed E-state index contributed by atoms with van der Waals surface area (Å²) < 4.78 is 5.19. The summed E-state index contributed by atoms with van der Waals surface area (Å²) in [4.78, 5) is 11.4. The van der Waals surface area contributed by atoms with Crippen LogP contribution in [0.15, 0.2) is 27.4 Å². The highest BCUT2D eigenvalue weighted by Gasteiger charge is 2.09. The molecule has 2 aromatic rings. The van der Waals surface area contributed by atoms with Crippen molar-refractivity contribution >= 4 is 11.0 Å². The van der Waals surface area contributed by atoms with E-state index in [-0.39, 0.29) is 11.4 Å². The molecule has 1 N–H and O–H groups in total. The first-order valence-electron chi connectivity index (χ1n) is 7.38. The molecule has 1 aromatic heterocycles. The van der Waals surface area contributed by atoms with Gasteiger partial charge in [0, 0.05) is 6.07 Å². The number of aromatic hydroxyl groups is 1. The quantitative estimate of drug-likeness (QED) is 0.630. The standard InChI is InChI=1S/C17H22O3/c1-3-4-5-6-7-8-13-10-14(18)17-12(2)9-16(19)20-15(17)11-13/h9-11,18H,3-8H2,1-2H3. The van der Waals surface area contributed by atoms with Crippen LogP contribution in [0.3, 0.4) is 0 Å². The zero-order chi connectivity index (χ0) is 14.5. The van der Waals surface area contributed by atoms with E-state index in [1.165, 1.54) is 31.7 Å². The van der Waals surface area contributed by atoms with Crippen LogP contribution >= 0.6 is 0 Å². The predicted molar refractivity (Wildman–Crippen MR) is 81.3 cm³/mol. The molecule has 1 heterocycles. The fraction of sp³-hybridized carbons (Fsp3) is 0.471. The van der Waals surface area contributed by atoms with Crippen LogP contribution in [0.25, 0.3) is 11.0 Å². The number of hydrogen-bond acceptors (Lipinski definition) is 3. The fourth-order valence-corrected chi connectivity index (χ4v) is 2.60. The third kappa shape index (κ3) is 3.41. The van der Waals surface area contributed by atoms with Gasteiger partial charge in [0.15, 0.2) is 0 Å². The van der Waals surface area contributed by atoms with Crippen molar-refractivity contribution in [1.29, 1.82) is 0 Å². The molecule has 3 heteroatoms. The van der Waals surface area contributed by atoms with Gasteiger partial charge in [0.05, 0.1) is 5.39 Å². The summed E-state index contributed by atoms with van der Waals surface area (Å²) in [6.07, 6.45) is 6.97. The van der Waals surface area contributed by atoms with Crippen molar-refractivity contribution in [2.45, 2.75) is 52.4 Å². The number of phenols is 1. The van der Waals surface area contributed by atoms with Gasteiger partial charge in [-0.2, -0.15) is 0 Å². The molecule has 0 bridgehead atoms. The minimum Gasteiger partial charge on any atom is -0.507 e. The molecular weight excluding hydrogens is 252 g/mol. The Hall–Kier alpha value is -1.77. The molecule has 0 aliphatic carbocycles. The molecule has 1 aromatic carbocycles. The van der Waals surface area contributed by atoms with E-state index in [0.29, 0.717) is 11.0 Å². The Bertz CT molecular complexity index is 640. The lowest BCUT2D eigenvalue weighted by atomic mass is 10.0. The molecule has 108 valence electrons. The number of unbranched alkanes of at least 4 members (excludes halogenated alkanes) is 4. The molecule has 0 fully saturated rings. The molecule has 0 radical (unpaired) electrons. The molecule has 2 rings (SSSR count). The molecular formula is C17H22O3. The molecule has 0 aliphatic heterocycles. The SMILES string of the molecule is CCCCCCCc1cc(O)c2c(C)cc(=O)oc2c1. The molecule has 0 saturated carbocycles. The van der Waals surface area contributed by atoms with E-state index in [0.717, 1.165) is 24.0 Å². The highest BCUT2D eigenvalue weighted by atomic mass is 16.4. The molecule has 0 spiro atoms. The maximum atomic E-state index is 11.4. The van der Waals surface area contributed by atoms with Crippen LogP contribution in [0, 0.1) is 6.92 Å². The first-order valence-corrected chi connectivity index (χ1v) is 7.38. The Labute approximate surface area is 119 Å². The van der Waals surface area contributed by atoms with Crippen LogP contribution in [0.2, 0.25) is 0 Å². The van der Waals surface area contributed by atoms with Crippen molar-refractivity contribution in [2.24, 2.45) is 0 Å². The Morgan fingerprint density at radius 3 is 2.60 bits per heavy atom. The van der Waals surface area contributed by atoms with E-state index < -0.39 is 0 Å². The van der Waals surface area contributed by atoms with Crippen molar-refractivity contribution in [2.75, 3.05) is 0 Å². The van der Waals surface area contributed by atoms with Crippen molar-refractivity contribution in [3.05, 3.63) is 39.7 Å². The van der Waals surface area contributed by atoms with Gasteiger partial charge in [-0.15, -0.1) is 0 Å². The molecule has 20 heavy (non-hydrogen) atoms. The summed E-state index contributed by atoms with van der Waals surface area (Å²) in [6, 6.07) is 5.07. The van der Waals surface area contributed by atoms with E-state index >= 15 is 0 Å². The number of hydrogen-bond donors (Lipinski definition) is 1. The highest BCUT2D eigenvalue weighted by molar-refractivity contribution is 5.86. The average Bonchev–Trinajstić information content (AvgIpc) is 2.37. The second-order valence-corrected chi connectivity index (χ2v) is 5.40. The molecule has 0 atom stereocenters. The smallest absolute Gasteiger partial charge is 0.336 e. The lowest BCUT2D eigenvalue weighted by molar-refractivity contribution is 0.477. The van der Waals surface area contributed by atoms with Gasteiger partial charge in [-0.05, 0) is 43.0 Å². The van der Waals surface area contributed by atoms with E-state index in [2.05, 4.69) is 6.92 Å². The van der Waals surface area contributed by atoms with Gasteiger partial charge < -0.3 is 9.52 Å². The molecule has 0 unspecified atom stereocenters. The first kappa shape index (κ1) is 14.6.